The molecule has 8 nitrogen and oxygen atoms in total. The molecule has 0 aliphatic carbocycles. The number of hydrogen-bond acceptors (Lipinski definition) is 8. The molecule has 162 valence electrons. The molecule has 0 bridgehead atoms. The van der Waals surface area contributed by atoms with Gasteiger partial charge in [0.2, 0.25) is 0 Å². The van der Waals surface area contributed by atoms with Gasteiger partial charge in [0, 0.05) is 6.61 Å². The molecule has 1 aliphatic rings. The second-order valence-electron chi connectivity index (χ2n) is 5.61. The third-order valence-electron chi connectivity index (χ3n) is 2.91. The minimum Gasteiger partial charge on any atom is -0.388 e. The maximum atomic E-state index is 13.4. The Kier molecular flexibility index (Phi) is 11.6. The fourth-order valence-electron chi connectivity index (χ4n) is 1.67. The van der Waals surface area contributed by atoms with Gasteiger partial charge in [-0.15, -0.1) is 0 Å². The molecule has 0 spiro atoms. The summed E-state index contributed by atoms with van der Waals surface area (Å²) in [5, 5.41) is 9.33. The van der Waals surface area contributed by atoms with Crippen LogP contribution in [0.2, 0.25) is 0 Å². The molecular weight excluding hydrogens is 384 g/mol. The molecule has 1 heterocycles. The van der Waals surface area contributed by atoms with E-state index in [-0.39, 0.29) is 25.9 Å². The molecule has 1 N–H and O–H groups in total. The lowest BCUT2D eigenvalue weighted by Gasteiger charge is -2.24. The number of epoxide rings is 1. The molecule has 2 atom stereocenters. The highest BCUT2D eigenvalue weighted by Gasteiger charge is 2.44. The van der Waals surface area contributed by atoms with E-state index in [2.05, 4.69) is 14.2 Å². The first kappa shape index (κ1) is 24.4. The van der Waals surface area contributed by atoms with Crippen molar-refractivity contribution in [3.63, 3.8) is 0 Å². The van der Waals surface area contributed by atoms with Crippen molar-refractivity contribution in [2.24, 2.45) is 0 Å². The van der Waals surface area contributed by atoms with E-state index in [0.717, 1.165) is 0 Å². The second kappa shape index (κ2) is 12.8. The summed E-state index contributed by atoms with van der Waals surface area (Å²) in [7, 11) is 0. The Bertz CT molecular complexity index is 385. The third-order valence-corrected chi connectivity index (χ3v) is 2.91. The van der Waals surface area contributed by atoms with Gasteiger partial charge in [0.15, 0.2) is 0 Å². The van der Waals surface area contributed by atoms with Crippen LogP contribution in [0.4, 0.5) is 17.6 Å². The largest absolute Gasteiger partial charge is 0.388 e. The highest BCUT2D eigenvalue weighted by Crippen LogP contribution is 2.27. The highest BCUT2D eigenvalue weighted by molar-refractivity contribution is 4.66. The van der Waals surface area contributed by atoms with Crippen molar-refractivity contribution in [1.82, 2.24) is 0 Å². The average molecular weight is 410 g/mol. The molecule has 0 amide bonds. The van der Waals surface area contributed by atoms with Crippen LogP contribution in [-0.4, -0.2) is 95.8 Å². The van der Waals surface area contributed by atoms with Crippen LogP contribution < -0.4 is 0 Å². The van der Waals surface area contributed by atoms with Crippen molar-refractivity contribution in [2.75, 3.05) is 66.3 Å². The normalized spacial score (nSPS) is 18.7. The number of halogens is 4. The van der Waals surface area contributed by atoms with Gasteiger partial charge in [-0.2, -0.15) is 17.6 Å². The van der Waals surface area contributed by atoms with Crippen LogP contribution in [0, 0.1) is 0 Å². The fourth-order valence-corrected chi connectivity index (χ4v) is 1.67. The molecule has 1 saturated heterocycles. The third kappa shape index (κ3) is 14.1. The smallest absolute Gasteiger partial charge is 0.383 e. The van der Waals surface area contributed by atoms with E-state index in [4.69, 9.17) is 18.9 Å². The first-order valence-corrected chi connectivity index (χ1v) is 8.38. The Morgan fingerprint density at radius 1 is 0.963 bits per heavy atom. The van der Waals surface area contributed by atoms with Crippen molar-refractivity contribution in [3.8, 4) is 0 Å². The monoisotopic (exact) mass is 410 g/mol. The number of hydrogen-bond donors (Lipinski definition) is 1. The van der Waals surface area contributed by atoms with Crippen LogP contribution in [0.15, 0.2) is 0 Å². The summed E-state index contributed by atoms with van der Waals surface area (Å²) in [6.07, 6.45) is -9.56. The first-order chi connectivity index (χ1) is 12.7. The molecule has 27 heavy (non-hydrogen) atoms. The van der Waals surface area contributed by atoms with Crippen molar-refractivity contribution in [3.05, 3.63) is 0 Å². The summed E-state index contributed by atoms with van der Waals surface area (Å²) in [5.41, 5.74) is 0. The van der Waals surface area contributed by atoms with Gasteiger partial charge < -0.3 is 33.5 Å². The van der Waals surface area contributed by atoms with Gasteiger partial charge in [0.1, 0.15) is 32.2 Å². The van der Waals surface area contributed by atoms with E-state index in [1.54, 1.807) is 6.92 Å². The molecule has 12 heteroatoms. The minimum atomic E-state index is -4.27. The number of aliphatic hydroxyl groups excluding tert-OH is 1. The Balaban J connectivity index is 2.06. The Hall–Kier alpha value is -0.600. The molecular formula is C15H26F4O8. The van der Waals surface area contributed by atoms with Crippen LogP contribution in [-0.2, 0) is 33.2 Å². The van der Waals surface area contributed by atoms with E-state index in [1.807, 2.05) is 0 Å². The summed E-state index contributed by atoms with van der Waals surface area (Å²) in [6.45, 7) is -0.634. The van der Waals surface area contributed by atoms with Gasteiger partial charge in [0.05, 0.1) is 39.6 Å². The Labute approximate surface area is 154 Å². The first-order valence-electron chi connectivity index (χ1n) is 8.38. The van der Waals surface area contributed by atoms with Gasteiger partial charge in [-0.3, -0.25) is 4.74 Å². The van der Waals surface area contributed by atoms with Crippen LogP contribution in [0.1, 0.15) is 6.92 Å². The highest BCUT2D eigenvalue weighted by atomic mass is 19.3. The molecule has 0 aromatic rings. The van der Waals surface area contributed by atoms with E-state index in [1.165, 1.54) is 0 Å². The predicted molar refractivity (Wildman–Crippen MR) is 81.6 cm³/mol. The molecule has 1 aliphatic heterocycles. The Morgan fingerprint density at radius 3 is 2.19 bits per heavy atom. The zero-order valence-corrected chi connectivity index (χ0v) is 15.0. The number of rotatable bonds is 18. The van der Waals surface area contributed by atoms with Crippen LogP contribution in [0.3, 0.4) is 0 Å². The van der Waals surface area contributed by atoms with Gasteiger partial charge in [-0.05, 0) is 6.92 Å². The topological polar surface area (TPSA) is 88.1 Å². The molecule has 0 aromatic heterocycles. The summed E-state index contributed by atoms with van der Waals surface area (Å²) in [6, 6.07) is 0. The molecule has 0 aromatic carbocycles. The minimum absolute atomic E-state index is 0.0905. The van der Waals surface area contributed by atoms with Crippen LogP contribution >= 0.6 is 0 Å². The summed E-state index contributed by atoms with van der Waals surface area (Å²) >= 11 is 0. The molecule has 0 radical (unpaired) electrons. The maximum Gasteiger partial charge on any atom is 0.383 e. The van der Waals surface area contributed by atoms with E-state index in [9.17, 15) is 22.7 Å². The van der Waals surface area contributed by atoms with Crippen LogP contribution in [0.25, 0.3) is 0 Å². The van der Waals surface area contributed by atoms with Crippen LogP contribution in [0.5, 0.6) is 0 Å². The Morgan fingerprint density at radius 2 is 1.56 bits per heavy atom. The lowest BCUT2D eigenvalue weighted by atomic mass is 10.4. The van der Waals surface area contributed by atoms with Gasteiger partial charge >= 0.3 is 12.2 Å². The van der Waals surface area contributed by atoms with Crippen molar-refractivity contribution in [1.29, 1.82) is 0 Å². The van der Waals surface area contributed by atoms with Gasteiger partial charge in [-0.1, -0.05) is 0 Å². The van der Waals surface area contributed by atoms with E-state index >= 15 is 0 Å². The average Bonchev–Trinajstić information content (AvgIpc) is 3.38. The lowest BCUT2D eigenvalue weighted by molar-refractivity contribution is -0.396. The standard InChI is InChI=1S/C15H26F4O8/c1-2-21-5-12(20)6-24-9-14(16,17)27-15(18,19)10-25-11-23-4-3-22-7-13-8-26-13/h12-13,20H,2-11H2,1H3. The zero-order valence-electron chi connectivity index (χ0n) is 15.0. The van der Waals surface area contributed by atoms with Crippen molar-refractivity contribution < 1.29 is 55.8 Å². The molecule has 0 saturated carbocycles. The maximum absolute atomic E-state index is 13.4. The number of alkyl halides is 4. The van der Waals surface area contributed by atoms with E-state index in [0.29, 0.717) is 19.8 Å². The molecule has 1 fully saturated rings. The van der Waals surface area contributed by atoms with Gasteiger partial charge in [0.25, 0.3) is 0 Å². The van der Waals surface area contributed by atoms with Gasteiger partial charge in [-0.25, -0.2) is 0 Å². The summed E-state index contributed by atoms with van der Waals surface area (Å²) in [4.78, 5) is 0. The summed E-state index contributed by atoms with van der Waals surface area (Å²) in [5.74, 6) is 0. The zero-order chi connectivity index (χ0) is 20.2. The quantitative estimate of drug-likeness (QED) is 0.155. The SMILES string of the molecule is CCOCC(O)COCC(F)(F)OC(F)(F)COCOCCOCC1CO1. The lowest BCUT2D eigenvalue weighted by Crippen LogP contribution is -2.40. The molecule has 2 unspecified atom stereocenters. The number of aliphatic hydroxyl groups is 1. The fraction of sp³-hybridized carbons (Fsp3) is 1.00. The van der Waals surface area contributed by atoms with E-state index < -0.39 is 44.9 Å². The summed E-state index contributed by atoms with van der Waals surface area (Å²) < 4.78 is 85.5. The second-order valence-corrected chi connectivity index (χ2v) is 5.61. The van der Waals surface area contributed by atoms with Crippen molar-refractivity contribution >= 4 is 0 Å². The number of ether oxygens (including phenoxy) is 7. The predicted octanol–water partition coefficient (Wildman–Crippen LogP) is 1.01. The van der Waals surface area contributed by atoms with Crippen molar-refractivity contribution in [2.45, 2.75) is 31.3 Å². The molecule has 1 rings (SSSR count).